The van der Waals surface area contributed by atoms with E-state index in [2.05, 4.69) is 4.52 Å². The van der Waals surface area contributed by atoms with Crippen molar-refractivity contribution in [1.82, 2.24) is 0 Å². The second kappa shape index (κ2) is 6.65. The lowest BCUT2D eigenvalue weighted by atomic mass is 10.0. The molecule has 0 saturated heterocycles. The average molecular weight is 330 g/mol. The van der Waals surface area contributed by atoms with Crippen molar-refractivity contribution in [3.63, 3.8) is 0 Å². The fourth-order valence-corrected chi connectivity index (χ4v) is 3.56. The van der Waals surface area contributed by atoms with E-state index in [4.69, 9.17) is 0 Å². The summed E-state index contributed by atoms with van der Waals surface area (Å²) in [4.78, 5) is 9.84. The Hall–Kier alpha value is -1.62. The number of hydrogen-bond acceptors (Lipinski definition) is 2. The minimum Gasteiger partial charge on any atom is -0.324 e. The molecule has 0 aromatic heterocycles. The fourth-order valence-electron chi connectivity index (χ4n) is 2.15. The van der Waals surface area contributed by atoms with Gasteiger partial charge in [-0.15, -0.1) is 13.2 Å². The van der Waals surface area contributed by atoms with Crippen LogP contribution in [0, 0.1) is 0 Å². The molecule has 2 aromatic carbocycles. The molecular formula is C15H14F3O3P. The third-order valence-electron chi connectivity index (χ3n) is 3.08. The van der Waals surface area contributed by atoms with E-state index in [1.165, 1.54) is 12.1 Å². The summed E-state index contributed by atoms with van der Waals surface area (Å²) in [7, 11) is -4.94. The lowest BCUT2D eigenvalue weighted by Gasteiger charge is -2.24. The van der Waals surface area contributed by atoms with Crippen molar-refractivity contribution < 1.29 is 27.2 Å². The Bertz CT molecular complexity index is 644. The molecule has 22 heavy (non-hydrogen) atoms. The van der Waals surface area contributed by atoms with E-state index >= 15 is 0 Å². The molecule has 2 atom stereocenters. The summed E-state index contributed by atoms with van der Waals surface area (Å²) in [5, 5.41) is 0. The highest BCUT2D eigenvalue weighted by atomic mass is 31.2. The van der Waals surface area contributed by atoms with Crippen LogP contribution in [0.5, 0.6) is 0 Å². The van der Waals surface area contributed by atoms with Crippen LogP contribution in [0.3, 0.4) is 0 Å². The standard InChI is InChI=1S/C15H14F3O3P/c16-15(17,18)21-22(19,20)14(13-9-5-2-6-10-13)11-12-7-3-1-4-8-12/h1-10,14H,11H2,(H,19,20). The topological polar surface area (TPSA) is 46.5 Å². The van der Waals surface area contributed by atoms with Crippen molar-refractivity contribution >= 4 is 7.60 Å². The van der Waals surface area contributed by atoms with Gasteiger partial charge in [0, 0.05) is 0 Å². The molecule has 0 saturated carbocycles. The fraction of sp³-hybridized carbons (Fsp3) is 0.200. The number of benzene rings is 2. The van der Waals surface area contributed by atoms with Gasteiger partial charge in [-0.3, -0.25) is 4.57 Å². The normalized spacial score (nSPS) is 16.0. The molecule has 2 aromatic rings. The van der Waals surface area contributed by atoms with E-state index in [1.807, 2.05) is 0 Å². The first-order valence-corrected chi connectivity index (χ1v) is 8.11. The van der Waals surface area contributed by atoms with Gasteiger partial charge in [0.1, 0.15) is 0 Å². The molecule has 1 N–H and O–H groups in total. The SMILES string of the molecule is O=P(O)(OC(F)(F)F)C(Cc1ccccc1)c1ccccc1. The number of hydrogen-bond donors (Lipinski definition) is 1. The highest BCUT2D eigenvalue weighted by Crippen LogP contribution is 2.60. The molecule has 0 radical (unpaired) electrons. The first-order chi connectivity index (χ1) is 10.3. The monoisotopic (exact) mass is 330 g/mol. The minimum absolute atomic E-state index is 0.0330. The lowest BCUT2D eigenvalue weighted by molar-refractivity contribution is -0.278. The van der Waals surface area contributed by atoms with Crippen LogP contribution in [-0.2, 0) is 15.5 Å². The maximum Gasteiger partial charge on any atom is 0.529 e. The van der Waals surface area contributed by atoms with Crippen LogP contribution >= 0.6 is 7.60 Å². The van der Waals surface area contributed by atoms with Gasteiger partial charge in [-0.25, -0.2) is 4.52 Å². The molecule has 118 valence electrons. The van der Waals surface area contributed by atoms with Crippen LogP contribution in [0.2, 0.25) is 0 Å². The Morgan fingerprint density at radius 3 is 2.00 bits per heavy atom. The quantitative estimate of drug-likeness (QED) is 0.809. The molecule has 3 nitrogen and oxygen atoms in total. The minimum atomic E-state index is -5.17. The van der Waals surface area contributed by atoms with Gasteiger partial charge in [0.25, 0.3) is 0 Å². The van der Waals surface area contributed by atoms with Crippen LogP contribution in [0.15, 0.2) is 60.7 Å². The molecule has 0 bridgehead atoms. The van der Waals surface area contributed by atoms with Crippen LogP contribution < -0.4 is 0 Å². The second-order valence-corrected chi connectivity index (χ2v) is 6.65. The summed E-state index contributed by atoms with van der Waals surface area (Å²) in [6.07, 6.45) is -5.21. The highest BCUT2D eigenvalue weighted by molar-refractivity contribution is 7.53. The summed E-state index contributed by atoms with van der Waals surface area (Å²) in [6.45, 7) is 0. The molecule has 0 fully saturated rings. The smallest absolute Gasteiger partial charge is 0.324 e. The molecule has 0 aliphatic rings. The zero-order valence-electron chi connectivity index (χ0n) is 11.4. The van der Waals surface area contributed by atoms with E-state index in [1.54, 1.807) is 48.5 Å². The maximum atomic E-state index is 12.4. The van der Waals surface area contributed by atoms with Gasteiger partial charge in [-0.1, -0.05) is 60.7 Å². The first-order valence-electron chi connectivity index (χ1n) is 6.47. The van der Waals surface area contributed by atoms with Gasteiger partial charge >= 0.3 is 14.0 Å². The van der Waals surface area contributed by atoms with Crippen LogP contribution in [0.25, 0.3) is 0 Å². The number of rotatable bonds is 5. The van der Waals surface area contributed by atoms with Crippen LogP contribution in [0.4, 0.5) is 13.2 Å². The van der Waals surface area contributed by atoms with Gasteiger partial charge in [0.05, 0.1) is 5.66 Å². The number of alkyl halides is 3. The summed E-state index contributed by atoms with van der Waals surface area (Å²) in [6, 6.07) is 16.4. The summed E-state index contributed by atoms with van der Waals surface area (Å²) in [5.74, 6) is 0. The highest BCUT2D eigenvalue weighted by Gasteiger charge is 2.44. The zero-order chi connectivity index (χ0) is 16.2. The predicted molar refractivity (Wildman–Crippen MR) is 76.3 cm³/mol. The first kappa shape index (κ1) is 16.7. The van der Waals surface area contributed by atoms with Crippen molar-refractivity contribution in [1.29, 1.82) is 0 Å². The van der Waals surface area contributed by atoms with Crippen molar-refractivity contribution in [3.05, 3.63) is 71.8 Å². The Morgan fingerprint density at radius 1 is 1.00 bits per heavy atom. The van der Waals surface area contributed by atoms with E-state index in [0.717, 1.165) is 0 Å². The van der Waals surface area contributed by atoms with Gasteiger partial charge < -0.3 is 4.89 Å². The third-order valence-corrected chi connectivity index (χ3v) is 4.82. The molecule has 2 rings (SSSR count). The summed E-state index contributed by atoms with van der Waals surface area (Å²) >= 11 is 0. The molecule has 0 heterocycles. The van der Waals surface area contributed by atoms with Gasteiger partial charge in [-0.05, 0) is 17.5 Å². The Balaban J connectivity index is 2.36. The molecule has 0 aliphatic carbocycles. The van der Waals surface area contributed by atoms with Crippen LogP contribution in [-0.4, -0.2) is 11.3 Å². The van der Waals surface area contributed by atoms with Crippen molar-refractivity contribution in [3.8, 4) is 0 Å². The molecule has 0 spiro atoms. The van der Waals surface area contributed by atoms with E-state index in [9.17, 15) is 22.6 Å². The Labute approximate surface area is 125 Å². The second-order valence-electron chi connectivity index (χ2n) is 4.72. The van der Waals surface area contributed by atoms with E-state index < -0.39 is 19.6 Å². The summed E-state index contributed by atoms with van der Waals surface area (Å²) in [5.41, 5.74) is -0.324. The molecule has 7 heteroatoms. The van der Waals surface area contributed by atoms with E-state index in [-0.39, 0.29) is 6.42 Å². The Morgan fingerprint density at radius 2 is 1.50 bits per heavy atom. The average Bonchev–Trinajstić information content (AvgIpc) is 2.44. The van der Waals surface area contributed by atoms with E-state index in [0.29, 0.717) is 11.1 Å². The van der Waals surface area contributed by atoms with Crippen molar-refractivity contribution in [2.45, 2.75) is 18.4 Å². The molecular weight excluding hydrogens is 316 g/mol. The molecule has 0 aliphatic heterocycles. The molecule has 0 amide bonds. The lowest BCUT2D eigenvalue weighted by Crippen LogP contribution is -2.16. The maximum absolute atomic E-state index is 12.4. The van der Waals surface area contributed by atoms with Crippen molar-refractivity contribution in [2.24, 2.45) is 0 Å². The Kier molecular flexibility index (Phi) is 5.06. The largest absolute Gasteiger partial charge is 0.529 e. The number of halogens is 3. The van der Waals surface area contributed by atoms with Crippen LogP contribution in [0.1, 0.15) is 16.8 Å². The van der Waals surface area contributed by atoms with Gasteiger partial charge in [0.2, 0.25) is 0 Å². The summed E-state index contributed by atoms with van der Waals surface area (Å²) < 4.78 is 52.9. The molecule has 2 unspecified atom stereocenters. The van der Waals surface area contributed by atoms with Crippen molar-refractivity contribution in [2.75, 3.05) is 0 Å². The van der Waals surface area contributed by atoms with Gasteiger partial charge in [0.15, 0.2) is 0 Å². The van der Waals surface area contributed by atoms with Gasteiger partial charge in [-0.2, -0.15) is 0 Å². The predicted octanol–water partition coefficient (Wildman–Crippen LogP) is 4.69. The third kappa shape index (κ3) is 4.70. The zero-order valence-corrected chi connectivity index (χ0v) is 12.3.